The SMILES string of the molecule is OC(c1ccc(F)cc1F)C1COc2ccccc21. The minimum Gasteiger partial charge on any atom is -0.493 e. The molecule has 0 spiro atoms. The molecular weight excluding hydrogens is 250 g/mol. The van der Waals surface area contributed by atoms with Gasteiger partial charge in [0.1, 0.15) is 17.4 Å². The van der Waals surface area contributed by atoms with Crippen LogP contribution in [0.3, 0.4) is 0 Å². The van der Waals surface area contributed by atoms with Gasteiger partial charge >= 0.3 is 0 Å². The molecule has 2 unspecified atom stereocenters. The highest BCUT2D eigenvalue weighted by atomic mass is 19.1. The van der Waals surface area contributed by atoms with Crippen molar-refractivity contribution in [1.29, 1.82) is 0 Å². The van der Waals surface area contributed by atoms with Crippen molar-refractivity contribution in [3.8, 4) is 5.75 Å². The fourth-order valence-electron chi connectivity index (χ4n) is 2.41. The molecule has 2 nitrogen and oxygen atoms in total. The summed E-state index contributed by atoms with van der Waals surface area (Å²) < 4.78 is 32.0. The van der Waals surface area contributed by atoms with E-state index in [4.69, 9.17) is 4.74 Å². The molecule has 0 aromatic heterocycles. The Morgan fingerprint density at radius 3 is 2.74 bits per heavy atom. The lowest BCUT2D eigenvalue weighted by molar-refractivity contribution is 0.126. The summed E-state index contributed by atoms with van der Waals surface area (Å²) >= 11 is 0. The summed E-state index contributed by atoms with van der Waals surface area (Å²) in [6.07, 6.45) is -1.05. The smallest absolute Gasteiger partial charge is 0.131 e. The van der Waals surface area contributed by atoms with Crippen molar-refractivity contribution >= 4 is 0 Å². The van der Waals surface area contributed by atoms with Crippen LogP contribution in [0.15, 0.2) is 42.5 Å². The quantitative estimate of drug-likeness (QED) is 0.900. The average Bonchev–Trinajstić information content (AvgIpc) is 2.82. The van der Waals surface area contributed by atoms with Crippen LogP contribution in [-0.4, -0.2) is 11.7 Å². The molecule has 98 valence electrons. The van der Waals surface area contributed by atoms with Gasteiger partial charge in [-0.25, -0.2) is 8.78 Å². The van der Waals surface area contributed by atoms with Crippen LogP contribution in [0.1, 0.15) is 23.1 Å². The summed E-state index contributed by atoms with van der Waals surface area (Å²) in [7, 11) is 0. The molecule has 0 radical (unpaired) electrons. The van der Waals surface area contributed by atoms with Crippen LogP contribution in [0, 0.1) is 11.6 Å². The highest BCUT2D eigenvalue weighted by Gasteiger charge is 2.32. The average molecular weight is 262 g/mol. The molecule has 2 aromatic carbocycles. The van der Waals surface area contributed by atoms with E-state index < -0.39 is 17.7 Å². The zero-order chi connectivity index (χ0) is 13.4. The van der Waals surface area contributed by atoms with Gasteiger partial charge in [0.05, 0.1) is 18.6 Å². The van der Waals surface area contributed by atoms with Crippen LogP contribution in [0.4, 0.5) is 8.78 Å². The van der Waals surface area contributed by atoms with Crippen LogP contribution in [0.5, 0.6) is 5.75 Å². The van der Waals surface area contributed by atoms with Crippen molar-refractivity contribution < 1.29 is 18.6 Å². The number of hydrogen-bond donors (Lipinski definition) is 1. The lowest BCUT2D eigenvalue weighted by Gasteiger charge is -2.18. The maximum atomic E-state index is 13.7. The van der Waals surface area contributed by atoms with Gasteiger partial charge in [0, 0.05) is 17.2 Å². The van der Waals surface area contributed by atoms with Crippen molar-refractivity contribution in [2.45, 2.75) is 12.0 Å². The molecule has 0 saturated heterocycles. The van der Waals surface area contributed by atoms with Crippen molar-refractivity contribution in [2.24, 2.45) is 0 Å². The number of aliphatic hydroxyl groups is 1. The standard InChI is InChI=1S/C15H12F2O2/c16-9-5-6-11(13(17)7-9)15(18)12-8-19-14-4-2-1-3-10(12)14/h1-7,12,15,18H,8H2. The van der Waals surface area contributed by atoms with E-state index in [0.29, 0.717) is 5.75 Å². The fourth-order valence-corrected chi connectivity index (χ4v) is 2.41. The van der Waals surface area contributed by atoms with Crippen molar-refractivity contribution in [1.82, 2.24) is 0 Å². The zero-order valence-electron chi connectivity index (χ0n) is 10.0. The van der Waals surface area contributed by atoms with E-state index >= 15 is 0 Å². The van der Waals surface area contributed by atoms with Crippen molar-refractivity contribution in [3.63, 3.8) is 0 Å². The zero-order valence-corrected chi connectivity index (χ0v) is 10.0. The van der Waals surface area contributed by atoms with E-state index in [0.717, 1.165) is 17.7 Å². The second kappa shape index (κ2) is 4.63. The van der Waals surface area contributed by atoms with Crippen LogP contribution >= 0.6 is 0 Å². The van der Waals surface area contributed by atoms with E-state index in [1.165, 1.54) is 6.07 Å². The molecule has 0 amide bonds. The molecule has 1 aliphatic rings. The molecule has 1 aliphatic heterocycles. The van der Waals surface area contributed by atoms with Gasteiger partial charge in [0.25, 0.3) is 0 Å². The molecule has 2 atom stereocenters. The third-order valence-electron chi connectivity index (χ3n) is 3.40. The van der Waals surface area contributed by atoms with Gasteiger partial charge in [-0.15, -0.1) is 0 Å². The van der Waals surface area contributed by atoms with Crippen LogP contribution in [0.2, 0.25) is 0 Å². The molecule has 1 N–H and O–H groups in total. The van der Waals surface area contributed by atoms with Crippen molar-refractivity contribution in [2.75, 3.05) is 6.61 Å². The van der Waals surface area contributed by atoms with Gasteiger partial charge in [-0.1, -0.05) is 24.3 Å². The monoisotopic (exact) mass is 262 g/mol. The van der Waals surface area contributed by atoms with Gasteiger partial charge < -0.3 is 9.84 Å². The summed E-state index contributed by atoms with van der Waals surface area (Å²) in [5, 5.41) is 10.3. The first-order valence-corrected chi connectivity index (χ1v) is 6.01. The maximum Gasteiger partial charge on any atom is 0.131 e. The predicted molar refractivity (Wildman–Crippen MR) is 66.0 cm³/mol. The number of rotatable bonds is 2. The Hall–Kier alpha value is -1.94. The molecule has 0 saturated carbocycles. The van der Waals surface area contributed by atoms with Gasteiger partial charge in [-0.2, -0.15) is 0 Å². The van der Waals surface area contributed by atoms with Gasteiger partial charge in [-0.05, 0) is 12.1 Å². The summed E-state index contributed by atoms with van der Waals surface area (Å²) in [6, 6.07) is 10.5. The topological polar surface area (TPSA) is 29.5 Å². The largest absolute Gasteiger partial charge is 0.493 e. The Kier molecular flexibility index (Phi) is 2.95. The Morgan fingerprint density at radius 1 is 1.16 bits per heavy atom. The number of ether oxygens (including phenoxy) is 1. The van der Waals surface area contributed by atoms with Gasteiger partial charge in [0.2, 0.25) is 0 Å². The highest BCUT2D eigenvalue weighted by Crippen LogP contribution is 2.41. The summed E-state index contributed by atoms with van der Waals surface area (Å²) in [4.78, 5) is 0. The number of para-hydroxylation sites is 1. The molecule has 3 rings (SSSR count). The fraction of sp³-hybridized carbons (Fsp3) is 0.200. The number of halogens is 2. The molecule has 19 heavy (non-hydrogen) atoms. The molecule has 0 fully saturated rings. The van der Waals surface area contributed by atoms with E-state index in [-0.39, 0.29) is 18.1 Å². The molecular formula is C15H12F2O2. The first kappa shape index (κ1) is 12.1. The van der Waals surface area contributed by atoms with Crippen LogP contribution < -0.4 is 4.74 Å². The molecule has 0 aliphatic carbocycles. The third kappa shape index (κ3) is 2.08. The lowest BCUT2D eigenvalue weighted by Crippen LogP contribution is -2.13. The molecule has 0 bridgehead atoms. The second-order valence-electron chi connectivity index (χ2n) is 4.57. The first-order chi connectivity index (χ1) is 9.16. The predicted octanol–water partition coefficient (Wildman–Crippen LogP) is 3.17. The molecule has 2 aromatic rings. The highest BCUT2D eigenvalue weighted by molar-refractivity contribution is 5.41. The van der Waals surface area contributed by atoms with Crippen LogP contribution in [-0.2, 0) is 0 Å². The van der Waals surface area contributed by atoms with E-state index in [1.807, 2.05) is 24.3 Å². The third-order valence-corrected chi connectivity index (χ3v) is 3.40. The number of aliphatic hydroxyl groups excluding tert-OH is 1. The Balaban J connectivity index is 1.95. The van der Waals surface area contributed by atoms with Crippen molar-refractivity contribution in [3.05, 3.63) is 65.2 Å². The van der Waals surface area contributed by atoms with Gasteiger partial charge in [0.15, 0.2) is 0 Å². The lowest BCUT2D eigenvalue weighted by atomic mass is 9.90. The van der Waals surface area contributed by atoms with E-state index in [9.17, 15) is 13.9 Å². The molecule has 4 heteroatoms. The van der Waals surface area contributed by atoms with Crippen LogP contribution in [0.25, 0.3) is 0 Å². The molecule has 1 heterocycles. The summed E-state index contributed by atoms with van der Waals surface area (Å²) in [5.41, 5.74) is 0.936. The maximum absolute atomic E-state index is 13.7. The Bertz CT molecular complexity index is 613. The normalized spacial score (nSPS) is 18.8. The minimum absolute atomic E-state index is 0.0895. The van der Waals surface area contributed by atoms with Gasteiger partial charge in [-0.3, -0.25) is 0 Å². The number of hydrogen-bond acceptors (Lipinski definition) is 2. The second-order valence-corrected chi connectivity index (χ2v) is 4.57. The first-order valence-electron chi connectivity index (χ1n) is 6.01. The Morgan fingerprint density at radius 2 is 1.95 bits per heavy atom. The van der Waals surface area contributed by atoms with E-state index in [2.05, 4.69) is 0 Å². The summed E-state index contributed by atoms with van der Waals surface area (Å²) in [5.74, 6) is -1.03. The summed E-state index contributed by atoms with van der Waals surface area (Å²) in [6.45, 7) is 0.289. The van der Waals surface area contributed by atoms with E-state index in [1.54, 1.807) is 0 Å². The number of fused-ring (bicyclic) bond motifs is 1. The number of benzene rings is 2. The minimum atomic E-state index is -1.05. The Labute approximate surface area is 109 Å².